The van der Waals surface area contributed by atoms with Crippen LogP contribution in [0.15, 0.2) is 9.98 Å². The standard InChI is InChI=1S/C38H70N14O9S4/c1-20(2)15-25(31(56)48-23(10-8-13-45-37(42)43)33(58)51(5)16-27(53)50-28(35(60)61)38(3,4)63)49-30(55)22(9-7-12-44-36(40)41)46-32(57)26-18-65-19-52(26)34(59)24(11-14-64-6)47-29(54)21(39)17-62/h20-26,28,62-63H,7-19,39H2,1-6H3,(H,46,57)(H,47,54)(H,48,56)(H,49,55)(H,50,53)(H,60,61)(H4,40,41,44)(H4,42,43,45)/t21-,22+,23+,24+,25+,26+,28-/m1/s1. The Bertz CT molecular complexity index is 1700. The number of nitrogens with one attached hydrogen (secondary N) is 5. The second-order valence-corrected chi connectivity index (χ2v) is 19.9. The predicted octanol–water partition coefficient (Wildman–Crippen LogP) is -3.27. The number of carbonyl (C=O) groups excluding carboxylic acids is 7. The summed E-state index contributed by atoms with van der Waals surface area (Å²) in [7, 11) is 1.30. The second-order valence-electron chi connectivity index (χ2n) is 16.4. The Labute approximate surface area is 400 Å². The molecule has 1 aliphatic rings. The number of thiol groups is 2. The van der Waals surface area contributed by atoms with Gasteiger partial charge in [-0.2, -0.15) is 37.0 Å². The van der Waals surface area contributed by atoms with Crippen LogP contribution in [0.2, 0.25) is 0 Å². The van der Waals surface area contributed by atoms with E-state index in [1.807, 2.05) is 20.1 Å². The van der Waals surface area contributed by atoms with Crippen LogP contribution in [-0.2, 0) is 38.4 Å². The second kappa shape index (κ2) is 29.3. The first-order valence-electron chi connectivity index (χ1n) is 20.9. The summed E-state index contributed by atoms with van der Waals surface area (Å²) in [6.07, 6.45) is 2.66. The van der Waals surface area contributed by atoms with Gasteiger partial charge in [0.2, 0.25) is 41.4 Å². The zero-order chi connectivity index (χ0) is 49.6. The molecule has 1 saturated heterocycles. The minimum Gasteiger partial charge on any atom is -0.480 e. The third-order valence-corrected chi connectivity index (χ3v) is 12.0. The van der Waals surface area contributed by atoms with Crippen LogP contribution in [0.25, 0.3) is 0 Å². The van der Waals surface area contributed by atoms with E-state index in [1.165, 1.54) is 49.3 Å². The fourth-order valence-electron chi connectivity index (χ4n) is 6.29. The summed E-state index contributed by atoms with van der Waals surface area (Å²) < 4.78 is -1.15. The third kappa shape index (κ3) is 21.7. The zero-order valence-electron chi connectivity index (χ0n) is 37.9. The Morgan fingerprint density at radius 3 is 1.89 bits per heavy atom. The highest BCUT2D eigenvalue weighted by Gasteiger charge is 2.40. The molecule has 0 aromatic heterocycles. The minimum atomic E-state index is -1.39. The molecule has 0 aromatic rings. The number of carboxylic acids is 1. The summed E-state index contributed by atoms with van der Waals surface area (Å²) in [6, 6.07) is -8.08. The lowest BCUT2D eigenvalue weighted by Gasteiger charge is -2.30. The molecule has 65 heavy (non-hydrogen) atoms. The van der Waals surface area contributed by atoms with Crippen LogP contribution in [-0.4, -0.2) is 177 Å². The van der Waals surface area contributed by atoms with Gasteiger partial charge >= 0.3 is 5.97 Å². The molecule has 0 aromatic carbocycles. The van der Waals surface area contributed by atoms with Crippen molar-refractivity contribution < 1.29 is 43.5 Å². The van der Waals surface area contributed by atoms with Gasteiger partial charge in [-0.05, 0) is 70.3 Å². The van der Waals surface area contributed by atoms with Gasteiger partial charge in [-0.1, -0.05) is 13.8 Å². The lowest BCUT2D eigenvalue weighted by molar-refractivity contribution is -0.143. The lowest BCUT2D eigenvalue weighted by atomic mass is 10.0. The molecular weight excluding hydrogens is 925 g/mol. The lowest BCUT2D eigenvalue weighted by Crippen LogP contribution is -2.60. The maximum absolute atomic E-state index is 14.2. The van der Waals surface area contributed by atoms with Gasteiger partial charge in [0.15, 0.2) is 11.9 Å². The molecule has 1 aliphatic heterocycles. The fraction of sp³-hybridized carbons (Fsp3) is 0.737. The Kier molecular flexibility index (Phi) is 26.5. The smallest absolute Gasteiger partial charge is 0.327 e. The van der Waals surface area contributed by atoms with Gasteiger partial charge in [-0.25, -0.2) is 4.79 Å². The van der Waals surface area contributed by atoms with Crippen molar-refractivity contribution in [2.75, 3.05) is 56.1 Å². The molecule has 0 spiro atoms. The number of rotatable bonds is 29. The van der Waals surface area contributed by atoms with Gasteiger partial charge in [0.1, 0.15) is 36.3 Å². The van der Waals surface area contributed by atoms with Crippen LogP contribution in [0.4, 0.5) is 0 Å². The number of guanidine groups is 2. The maximum Gasteiger partial charge on any atom is 0.327 e. The molecule has 1 heterocycles. The Balaban J connectivity index is 3.43. The first-order valence-corrected chi connectivity index (χ1v) is 24.5. The van der Waals surface area contributed by atoms with E-state index >= 15 is 0 Å². The molecular formula is C38H70N14O9S4. The van der Waals surface area contributed by atoms with Crippen LogP contribution >= 0.6 is 48.8 Å². The summed E-state index contributed by atoms with van der Waals surface area (Å²) in [6.45, 7) is 6.26. The molecule has 27 heteroatoms. The number of hydrogen-bond acceptors (Lipinski definition) is 15. The van der Waals surface area contributed by atoms with Crippen molar-refractivity contribution in [2.24, 2.45) is 44.6 Å². The van der Waals surface area contributed by atoms with E-state index in [4.69, 9.17) is 28.7 Å². The predicted molar refractivity (Wildman–Crippen MR) is 260 cm³/mol. The highest BCUT2D eigenvalue weighted by Crippen LogP contribution is 2.24. The summed E-state index contributed by atoms with van der Waals surface area (Å²) >= 11 is 11.1. The normalized spacial score (nSPS) is 16.4. The summed E-state index contributed by atoms with van der Waals surface area (Å²) in [5.74, 6) is -5.66. The van der Waals surface area contributed by atoms with Gasteiger partial charge in [-0.15, -0.1) is 11.8 Å². The quantitative estimate of drug-likeness (QED) is 0.0151. The maximum atomic E-state index is 14.2. The van der Waals surface area contributed by atoms with Crippen LogP contribution in [0.1, 0.15) is 66.2 Å². The number of nitrogens with two attached hydrogens (primary N) is 5. The van der Waals surface area contributed by atoms with E-state index in [1.54, 1.807) is 0 Å². The Morgan fingerprint density at radius 1 is 0.846 bits per heavy atom. The van der Waals surface area contributed by atoms with E-state index in [2.05, 4.69) is 61.8 Å². The molecule has 7 amide bonds. The first kappa shape index (κ1) is 58.7. The Morgan fingerprint density at radius 2 is 1.38 bits per heavy atom. The zero-order valence-corrected chi connectivity index (χ0v) is 41.3. The van der Waals surface area contributed by atoms with Crippen LogP contribution in [0.5, 0.6) is 0 Å². The molecule has 0 aliphatic carbocycles. The molecule has 7 atom stereocenters. The number of nitrogens with zero attached hydrogens (tertiary/aromatic N) is 4. The Hall–Kier alpha value is -4.34. The van der Waals surface area contributed by atoms with Crippen molar-refractivity contribution >= 4 is 108 Å². The highest BCUT2D eigenvalue weighted by atomic mass is 32.2. The summed E-state index contributed by atoms with van der Waals surface area (Å²) in [5, 5.41) is 22.8. The molecule has 1 rings (SSSR count). The summed E-state index contributed by atoms with van der Waals surface area (Å²) in [5.41, 5.74) is 27.8. The van der Waals surface area contributed by atoms with Gasteiger partial charge in [0, 0.05) is 36.4 Å². The molecule has 1 fully saturated rings. The van der Waals surface area contributed by atoms with Crippen LogP contribution in [0.3, 0.4) is 0 Å². The number of aliphatic imine (C=N–C) groups is 2. The van der Waals surface area contributed by atoms with Gasteiger partial charge in [0.25, 0.3) is 0 Å². The van der Waals surface area contributed by atoms with Gasteiger partial charge in [0.05, 0.1) is 18.5 Å². The third-order valence-electron chi connectivity index (χ3n) is 9.72. The number of hydrogen-bond donors (Lipinski definition) is 13. The largest absolute Gasteiger partial charge is 0.480 e. The van der Waals surface area contributed by atoms with E-state index in [0.717, 1.165) is 4.90 Å². The monoisotopic (exact) mass is 994 g/mol. The van der Waals surface area contributed by atoms with Crippen LogP contribution < -0.4 is 55.3 Å². The number of thioether (sulfide) groups is 2. The van der Waals surface area contributed by atoms with Crippen molar-refractivity contribution in [3.05, 3.63) is 0 Å². The van der Waals surface area contributed by atoms with Crippen molar-refractivity contribution in [3.63, 3.8) is 0 Å². The number of likely N-dealkylation sites (N-methyl/N-ethyl adjacent to an activating group) is 1. The molecule has 370 valence electrons. The van der Waals surface area contributed by atoms with Gasteiger partial charge in [-0.3, -0.25) is 43.5 Å². The van der Waals surface area contributed by atoms with Crippen molar-refractivity contribution in [3.8, 4) is 0 Å². The molecule has 0 saturated carbocycles. The van der Waals surface area contributed by atoms with Gasteiger partial charge < -0.3 is 70.2 Å². The number of amides is 7. The molecule has 16 N–H and O–H groups in total. The average molecular weight is 995 g/mol. The molecule has 0 unspecified atom stereocenters. The molecule has 0 radical (unpaired) electrons. The van der Waals surface area contributed by atoms with E-state index in [9.17, 15) is 43.5 Å². The highest BCUT2D eigenvalue weighted by molar-refractivity contribution is 7.99. The van der Waals surface area contributed by atoms with Crippen molar-refractivity contribution in [2.45, 2.75) is 113 Å². The average Bonchev–Trinajstić information content (AvgIpc) is 3.71. The molecule has 23 nitrogen and oxygen atoms in total. The van der Waals surface area contributed by atoms with E-state index < -0.39 is 101 Å². The van der Waals surface area contributed by atoms with Crippen LogP contribution in [0, 0.1) is 5.92 Å². The number of carboxylic acid groups (broad SMARTS) is 1. The van der Waals surface area contributed by atoms with Crippen molar-refractivity contribution in [1.82, 2.24) is 36.4 Å². The summed E-state index contributed by atoms with van der Waals surface area (Å²) in [4.78, 5) is 118. The first-order chi connectivity index (χ1) is 30.3. The van der Waals surface area contributed by atoms with E-state index in [0.29, 0.717) is 5.75 Å². The fourth-order valence-corrected chi connectivity index (χ4v) is 8.26. The number of aliphatic carboxylic acids is 1. The van der Waals surface area contributed by atoms with Crippen molar-refractivity contribution in [1.29, 1.82) is 0 Å². The molecule has 0 bridgehead atoms. The number of carbonyl (C=O) groups is 8. The van der Waals surface area contributed by atoms with E-state index in [-0.39, 0.29) is 86.8 Å². The topological polar surface area (TPSA) is 378 Å². The minimum absolute atomic E-state index is 0.00100. The SMILES string of the molecule is CSCC[C@H](NC(=O)[C@H](N)CS)C(=O)N1CSC[C@H]1C(=O)N[C@@H](CCCN=C(N)N)C(=O)N[C@@H](CC(C)C)C(=O)N[C@@H](CCCN=C(N)N)C(=O)N(C)CC(=O)N[C@H](C(=O)O)C(C)(C)S.